The fraction of sp³-hybridized carbons (Fsp3) is 0.250. The van der Waals surface area contributed by atoms with Gasteiger partial charge >= 0.3 is 11.8 Å². The highest BCUT2D eigenvalue weighted by molar-refractivity contribution is 5.63. The van der Waals surface area contributed by atoms with E-state index in [4.69, 9.17) is 0 Å². The van der Waals surface area contributed by atoms with Crippen LogP contribution in [0.3, 0.4) is 0 Å². The quantitative estimate of drug-likeness (QED) is 0.676. The summed E-state index contributed by atoms with van der Waals surface area (Å²) in [5, 5.41) is 0. The van der Waals surface area contributed by atoms with Gasteiger partial charge in [0.1, 0.15) is 6.26 Å². The lowest BCUT2D eigenvalue weighted by Crippen LogP contribution is -2.12. The van der Waals surface area contributed by atoms with Gasteiger partial charge in [0.2, 0.25) is 5.75 Å². The van der Waals surface area contributed by atoms with Crippen molar-refractivity contribution in [1.29, 1.82) is 0 Å². The SMILES string of the molecule is CCOC(=O)Oc1coc(=O)cc1F. The first kappa shape index (κ1) is 10.2. The number of carbonyl (C=O) groups excluding carboxylic acids is 1. The van der Waals surface area contributed by atoms with Crippen molar-refractivity contribution >= 4 is 6.16 Å². The zero-order valence-electron chi connectivity index (χ0n) is 7.28. The molecule has 0 saturated heterocycles. The molecule has 0 saturated carbocycles. The van der Waals surface area contributed by atoms with Gasteiger partial charge in [-0.1, -0.05) is 0 Å². The van der Waals surface area contributed by atoms with E-state index in [1.54, 1.807) is 6.92 Å². The van der Waals surface area contributed by atoms with Crippen LogP contribution in [0.15, 0.2) is 21.5 Å². The molecule has 0 aliphatic rings. The van der Waals surface area contributed by atoms with E-state index in [2.05, 4.69) is 13.9 Å². The topological polar surface area (TPSA) is 65.7 Å². The zero-order valence-corrected chi connectivity index (χ0v) is 7.28. The summed E-state index contributed by atoms with van der Waals surface area (Å²) in [5.41, 5.74) is -0.862. The Morgan fingerprint density at radius 2 is 2.36 bits per heavy atom. The molecule has 1 rings (SSSR count). The third-order valence-corrected chi connectivity index (χ3v) is 1.22. The maximum atomic E-state index is 12.9. The fourth-order valence-corrected chi connectivity index (χ4v) is 0.686. The van der Waals surface area contributed by atoms with Crippen molar-refractivity contribution in [1.82, 2.24) is 0 Å². The number of ether oxygens (including phenoxy) is 2. The summed E-state index contributed by atoms with van der Waals surface area (Å²) < 4.78 is 25.9. The minimum atomic E-state index is -1.06. The highest BCUT2D eigenvalue weighted by Gasteiger charge is 2.11. The number of rotatable bonds is 2. The van der Waals surface area contributed by atoms with Crippen molar-refractivity contribution in [2.75, 3.05) is 6.61 Å². The van der Waals surface area contributed by atoms with Crippen molar-refractivity contribution in [3.63, 3.8) is 0 Å². The second-order valence-corrected chi connectivity index (χ2v) is 2.20. The summed E-state index contributed by atoms with van der Waals surface area (Å²) in [7, 11) is 0. The first-order chi connectivity index (χ1) is 6.63. The molecule has 1 aromatic heterocycles. The van der Waals surface area contributed by atoms with Gasteiger partial charge in [-0.05, 0) is 6.92 Å². The van der Waals surface area contributed by atoms with Gasteiger partial charge in [0.15, 0.2) is 5.82 Å². The predicted molar refractivity (Wildman–Crippen MR) is 42.6 cm³/mol. The van der Waals surface area contributed by atoms with Crippen molar-refractivity contribution in [3.8, 4) is 5.75 Å². The lowest BCUT2D eigenvalue weighted by molar-refractivity contribution is 0.101. The molecule has 0 fully saturated rings. The van der Waals surface area contributed by atoms with Crippen LogP contribution in [-0.4, -0.2) is 12.8 Å². The van der Waals surface area contributed by atoms with Gasteiger partial charge in [-0.3, -0.25) is 0 Å². The van der Waals surface area contributed by atoms with Crippen molar-refractivity contribution in [3.05, 3.63) is 28.6 Å². The second-order valence-electron chi connectivity index (χ2n) is 2.20. The predicted octanol–water partition coefficient (Wildman–Crippen LogP) is 1.31. The van der Waals surface area contributed by atoms with E-state index in [0.29, 0.717) is 12.3 Å². The summed E-state index contributed by atoms with van der Waals surface area (Å²) >= 11 is 0. The van der Waals surface area contributed by atoms with Crippen molar-refractivity contribution < 1.29 is 23.1 Å². The summed E-state index contributed by atoms with van der Waals surface area (Å²) in [6, 6.07) is 0.564. The molecule has 0 aliphatic heterocycles. The van der Waals surface area contributed by atoms with Gasteiger partial charge in [0.25, 0.3) is 0 Å². The fourth-order valence-electron chi connectivity index (χ4n) is 0.686. The normalized spacial score (nSPS) is 9.57. The molecule has 0 bridgehead atoms. The minimum absolute atomic E-state index is 0.108. The molecule has 6 heteroatoms. The zero-order chi connectivity index (χ0) is 10.6. The molecule has 0 spiro atoms. The highest BCUT2D eigenvalue weighted by atomic mass is 19.1. The molecule has 0 aromatic carbocycles. The summed E-state index contributed by atoms with van der Waals surface area (Å²) in [6.07, 6.45) is -0.352. The van der Waals surface area contributed by atoms with Crippen LogP contribution < -0.4 is 10.4 Å². The Kier molecular flexibility index (Phi) is 3.22. The molecule has 5 nitrogen and oxygen atoms in total. The maximum Gasteiger partial charge on any atom is 0.514 e. The summed E-state index contributed by atoms with van der Waals surface area (Å²) in [4.78, 5) is 21.2. The van der Waals surface area contributed by atoms with Gasteiger partial charge in [-0.15, -0.1) is 0 Å². The largest absolute Gasteiger partial charge is 0.514 e. The molecular weight excluding hydrogens is 195 g/mol. The van der Waals surface area contributed by atoms with Gasteiger partial charge in [-0.2, -0.15) is 0 Å². The third kappa shape index (κ3) is 2.58. The Balaban J connectivity index is 2.77. The second kappa shape index (κ2) is 4.40. The van der Waals surface area contributed by atoms with E-state index >= 15 is 0 Å². The Bertz CT molecular complexity index is 384. The van der Waals surface area contributed by atoms with Gasteiger partial charge in [0.05, 0.1) is 12.7 Å². The smallest absolute Gasteiger partial charge is 0.434 e. The molecule has 0 radical (unpaired) electrons. The van der Waals surface area contributed by atoms with Gasteiger partial charge in [0, 0.05) is 0 Å². The lowest BCUT2D eigenvalue weighted by Gasteiger charge is -2.02. The lowest BCUT2D eigenvalue weighted by atomic mass is 10.5. The van der Waals surface area contributed by atoms with Gasteiger partial charge in [-0.25, -0.2) is 14.0 Å². The minimum Gasteiger partial charge on any atom is -0.434 e. The standard InChI is InChI=1S/C8H7FO5/c1-2-12-8(11)14-6-4-13-7(10)3-5(6)9/h3-4H,2H2,1H3. The van der Waals surface area contributed by atoms with E-state index in [-0.39, 0.29) is 6.61 Å². The Labute approximate surface area is 78.0 Å². The summed E-state index contributed by atoms with van der Waals surface area (Å²) in [5.74, 6) is -1.46. The van der Waals surface area contributed by atoms with E-state index < -0.39 is 23.3 Å². The average molecular weight is 202 g/mol. The van der Waals surface area contributed by atoms with Crippen LogP contribution >= 0.6 is 0 Å². The number of hydrogen-bond acceptors (Lipinski definition) is 5. The molecule has 0 N–H and O–H groups in total. The highest BCUT2D eigenvalue weighted by Crippen LogP contribution is 2.13. The van der Waals surface area contributed by atoms with Crippen LogP contribution in [0.5, 0.6) is 5.75 Å². The first-order valence-electron chi connectivity index (χ1n) is 3.76. The number of carbonyl (C=O) groups is 1. The third-order valence-electron chi connectivity index (χ3n) is 1.22. The molecule has 14 heavy (non-hydrogen) atoms. The van der Waals surface area contributed by atoms with Crippen LogP contribution in [0, 0.1) is 5.82 Å². The molecular formula is C8H7FO5. The Morgan fingerprint density at radius 3 is 2.93 bits per heavy atom. The van der Waals surface area contributed by atoms with E-state index in [1.165, 1.54) is 0 Å². The van der Waals surface area contributed by atoms with Gasteiger partial charge < -0.3 is 13.9 Å². The number of halogens is 1. The maximum absolute atomic E-state index is 12.9. The molecule has 1 aromatic rings. The van der Waals surface area contributed by atoms with E-state index in [0.717, 1.165) is 0 Å². The molecule has 0 amide bonds. The van der Waals surface area contributed by atoms with E-state index in [1.807, 2.05) is 0 Å². The van der Waals surface area contributed by atoms with E-state index in [9.17, 15) is 14.0 Å². The summed E-state index contributed by atoms with van der Waals surface area (Å²) in [6.45, 7) is 1.68. The molecule has 0 aliphatic carbocycles. The van der Waals surface area contributed by atoms with Crippen LogP contribution in [0.2, 0.25) is 0 Å². The molecule has 76 valence electrons. The first-order valence-corrected chi connectivity index (χ1v) is 3.76. The Morgan fingerprint density at radius 1 is 1.64 bits per heavy atom. The Hall–Kier alpha value is -1.85. The number of hydrogen-bond donors (Lipinski definition) is 0. The molecule has 1 heterocycles. The van der Waals surface area contributed by atoms with Crippen LogP contribution in [-0.2, 0) is 4.74 Å². The van der Waals surface area contributed by atoms with Crippen molar-refractivity contribution in [2.45, 2.75) is 6.92 Å². The van der Waals surface area contributed by atoms with Crippen LogP contribution in [0.1, 0.15) is 6.92 Å². The molecule has 0 atom stereocenters. The monoisotopic (exact) mass is 202 g/mol. The van der Waals surface area contributed by atoms with Crippen molar-refractivity contribution in [2.24, 2.45) is 0 Å². The van der Waals surface area contributed by atoms with Crippen LogP contribution in [0.25, 0.3) is 0 Å². The van der Waals surface area contributed by atoms with Crippen LogP contribution in [0.4, 0.5) is 9.18 Å². The average Bonchev–Trinajstić information content (AvgIpc) is 2.10. The molecule has 0 unspecified atom stereocenters.